The van der Waals surface area contributed by atoms with Crippen molar-refractivity contribution in [1.29, 1.82) is 0 Å². The predicted molar refractivity (Wildman–Crippen MR) is 68.5 cm³/mol. The second-order valence-corrected chi connectivity index (χ2v) is 4.93. The number of benzene rings is 1. The van der Waals surface area contributed by atoms with E-state index in [2.05, 4.69) is 10.1 Å². The summed E-state index contributed by atoms with van der Waals surface area (Å²) < 4.78 is 27.7. The number of aliphatic carboxylic acids is 1. The van der Waals surface area contributed by atoms with Gasteiger partial charge in [0.1, 0.15) is 5.82 Å². The maximum absolute atomic E-state index is 13.4. The Bertz CT molecular complexity index is 716. The molecule has 0 saturated heterocycles. The number of halogens is 2. The fourth-order valence-electron chi connectivity index (χ4n) is 2.75. The predicted octanol–water partition coefficient (Wildman–Crippen LogP) is 1.49. The molecule has 2 aromatic rings. The number of hydrogen-bond donors (Lipinski definition) is 2. The minimum atomic E-state index is -1.12. The van der Waals surface area contributed by atoms with E-state index < -0.39 is 29.6 Å². The van der Waals surface area contributed by atoms with Crippen LogP contribution in [0.4, 0.5) is 14.7 Å². The third kappa shape index (κ3) is 2.22. The first-order valence-corrected chi connectivity index (χ1v) is 6.36. The molecule has 3 N–H and O–H groups in total. The summed E-state index contributed by atoms with van der Waals surface area (Å²) >= 11 is 0. The monoisotopic (exact) mass is 294 g/mol. The maximum Gasteiger partial charge on any atom is 0.329 e. The molecule has 8 heteroatoms. The van der Waals surface area contributed by atoms with E-state index in [-0.39, 0.29) is 5.95 Å². The molecule has 0 saturated carbocycles. The second-order valence-electron chi connectivity index (χ2n) is 4.93. The summed E-state index contributed by atoms with van der Waals surface area (Å²) in [6.07, 6.45) is 0.914. The number of hydrogen-bond acceptors (Lipinski definition) is 4. The number of carbonyl (C=O) groups is 1. The van der Waals surface area contributed by atoms with Gasteiger partial charge in [-0.25, -0.2) is 18.3 Å². The maximum atomic E-state index is 13.4. The van der Waals surface area contributed by atoms with Crippen LogP contribution < -0.4 is 5.73 Å². The number of aromatic nitrogens is 3. The number of aryl methyl sites for hydroxylation is 1. The molecule has 6 nitrogen and oxygen atoms in total. The van der Waals surface area contributed by atoms with Crippen molar-refractivity contribution < 1.29 is 18.7 Å². The molecule has 0 fully saturated rings. The van der Waals surface area contributed by atoms with Gasteiger partial charge in [-0.3, -0.25) is 0 Å². The van der Waals surface area contributed by atoms with Crippen molar-refractivity contribution in [2.75, 3.05) is 5.73 Å². The summed E-state index contributed by atoms with van der Waals surface area (Å²) in [5, 5.41) is 13.4. The normalized spacial score (nSPS) is 21.0. The summed E-state index contributed by atoms with van der Waals surface area (Å²) in [6, 6.07) is 2.38. The molecule has 1 aromatic carbocycles. The first-order valence-electron chi connectivity index (χ1n) is 6.36. The lowest BCUT2D eigenvalue weighted by Gasteiger charge is -2.29. The van der Waals surface area contributed by atoms with Crippen LogP contribution in [0, 0.1) is 11.6 Å². The van der Waals surface area contributed by atoms with Crippen molar-refractivity contribution >= 4 is 11.9 Å². The number of rotatable bonds is 2. The Morgan fingerprint density at radius 1 is 1.38 bits per heavy atom. The molecular weight excluding hydrogens is 282 g/mol. The molecule has 0 bridgehead atoms. The summed E-state index contributed by atoms with van der Waals surface area (Å²) in [5.74, 6) is -3.12. The highest BCUT2D eigenvalue weighted by atomic mass is 19.2. The molecule has 0 aliphatic carbocycles. The molecule has 2 atom stereocenters. The standard InChI is InChI=1S/C13H12F2N4O2/c14-8-3-1-6(5-9(8)15)7-2-4-10-17-13(16)18-19(10)11(7)12(20)21/h1,3,5,7,11H,2,4H2,(H2,16,18)(H,20,21). The molecule has 110 valence electrons. The van der Waals surface area contributed by atoms with Crippen molar-refractivity contribution in [3.63, 3.8) is 0 Å². The summed E-state index contributed by atoms with van der Waals surface area (Å²) in [5.41, 5.74) is 5.92. The number of nitrogens with two attached hydrogens (primary N) is 1. The van der Waals surface area contributed by atoms with Crippen LogP contribution in [0.15, 0.2) is 18.2 Å². The Morgan fingerprint density at radius 3 is 2.81 bits per heavy atom. The third-order valence-electron chi connectivity index (χ3n) is 3.67. The van der Waals surface area contributed by atoms with Crippen molar-refractivity contribution in [3.8, 4) is 0 Å². The molecule has 2 heterocycles. The van der Waals surface area contributed by atoms with E-state index in [1.54, 1.807) is 0 Å². The van der Waals surface area contributed by atoms with Crippen molar-refractivity contribution in [2.45, 2.75) is 24.8 Å². The lowest BCUT2D eigenvalue weighted by molar-refractivity contribution is -0.142. The van der Waals surface area contributed by atoms with Crippen LogP contribution in [0.3, 0.4) is 0 Å². The Labute approximate surface area is 118 Å². The quantitative estimate of drug-likeness (QED) is 0.875. The van der Waals surface area contributed by atoms with Gasteiger partial charge in [0.25, 0.3) is 0 Å². The zero-order chi connectivity index (χ0) is 15.1. The molecule has 0 radical (unpaired) electrons. The highest BCUT2D eigenvalue weighted by Gasteiger charge is 2.37. The van der Waals surface area contributed by atoms with E-state index in [4.69, 9.17) is 5.73 Å². The largest absolute Gasteiger partial charge is 0.480 e. The Balaban J connectivity index is 2.06. The number of nitrogens with zero attached hydrogens (tertiary/aromatic N) is 3. The molecule has 1 aromatic heterocycles. The van der Waals surface area contributed by atoms with Crippen LogP contribution in [-0.2, 0) is 11.2 Å². The molecule has 0 spiro atoms. The fourth-order valence-corrected chi connectivity index (χ4v) is 2.75. The molecule has 2 unspecified atom stereocenters. The van der Waals surface area contributed by atoms with E-state index in [9.17, 15) is 18.7 Å². The highest BCUT2D eigenvalue weighted by Crippen LogP contribution is 2.38. The van der Waals surface area contributed by atoms with Crippen LogP contribution in [0.1, 0.15) is 29.8 Å². The first kappa shape index (κ1) is 13.5. The molecule has 3 rings (SSSR count). The summed E-state index contributed by atoms with van der Waals surface area (Å²) in [7, 11) is 0. The van der Waals surface area contributed by atoms with E-state index in [1.165, 1.54) is 10.7 Å². The number of carboxylic acid groups (broad SMARTS) is 1. The lowest BCUT2D eigenvalue weighted by Crippen LogP contribution is -2.32. The first-order chi connectivity index (χ1) is 9.97. The summed E-state index contributed by atoms with van der Waals surface area (Å²) in [6.45, 7) is 0. The molecule has 21 heavy (non-hydrogen) atoms. The number of anilines is 1. The molecule has 1 aliphatic heterocycles. The average molecular weight is 294 g/mol. The van der Waals surface area contributed by atoms with Crippen molar-refractivity contribution in [1.82, 2.24) is 14.8 Å². The zero-order valence-corrected chi connectivity index (χ0v) is 10.8. The third-order valence-corrected chi connectivity index (χ3v) is 3.67. The van der Waals surface area contributed by atoms with Crippen LogP contribution in [-0.4, -0.2) is 25.8 Å². The molecular formula is C13H12F2N4O2. The SMILES string of the molecule is Nc1nc2n(n1)C(C(=O)O)C(c1ccc(F)c(F)c1)CC2. The van der Waals surface area contributed by atoms with Crippen LogP contribution in [0.2, 0.25) is 0 Å². The van der Waals surface area contributed by atoms with Gasteiger partial charge in [0.2, 0.25) is 5.95 Å². The van der Waals surface area contributed by atoms with Gasteiger partial charge in [-0.2, -0.15) is 4.98 Å². The Morgan fingerprint density at radius 2 is 2.14 bits per heavy atom. The van der Waals surface area contributed by atoms with E-state index in [1.807, 2.05) is 0 Å². The Hall–Kier alpha value is -2.51. The van der Waals surface area contributed by atoms with Gasteiger partial charge in [-0.15, -0.1) is 5.10 Å². The van der Waals surface area contributed by atoms with Crippen LogP contribution in [0.25, 0.3) is 0 Å². The minimum absolute atomic E-state index is 0.00202. The fraction of sp³-hybridized carbons (Fsp3) is 0.308. The Kier molecular flexibility index (Phi) is 3.08. The zero-order valence-electron chi connectivity index (χ0n) is 10.8. The van der Waals surface area contributed by atoms with E-state index in [0.717, 1.165) is 12.1 Å². The van der Waals surface area contributed by atoms with Gasteiger partial charge in [0, 0.05) is 12.3 Å². The molecule has 0 amide bonds. The van der Waals surface area contributed by atoms with Crippen LogP contribution in [0.5, 0.6) is 0 Å². The summed E-state index contributed by atoms with van der Waals surface area (Å²) in [4.78, 5) is 15.5. The average Bonchev–Trinajstić information content (AvgIpc) is 2.80. The smallest absolute Gasteiger partial charge is 0.329 e. The van der Waals surface area contributed by atoms with E-state index >= 15 is 0 Å². The minimum Gasteiger partial charge on any atom is -0.480 e. The van der Waals surface area contributed by atoms with Crippen molar-refractivity contribution in [2.24, 2.45) is 0 Å². The number of nitrogen functional groups attached to an aromatic ring is 1. The second kappa shape index (κ2) is 4.80. The van der Waals surface area contributed by atoms with Gasteiger partial charge < -0.3 is 10.8 Å². The molecule has 1 aliphatic rings. The highest BCUT2D eigenvalue weighted by molar-refractivity contribution is 5.73. The lowest BCUT2D eigenvalue weighted by atomic mass is 9.85. The van der Waals surface area contributed by atoms with Gasteiger partial charge >= 0.3 is 5.97 Å². The van der Waals surface area contributed by atoms with Gasteiger partial charge in [-0.05, 0) is 24.1 Å². The van der Waals surface area contributed by atoms with Gasteiger partial charge in [0.15, 0.2) is 17.7 Å². The van der Waals surface area contributed by atoms with Crippen LogP contribution >= 0.6 is 0 Å². The topological polar surface area (TPSA) is 94.0 Å². The van der Waals surface area contributed by atoms with Gasteiger partial charge in [-0.1, -0.05) is 6.07 Å². The van der Waals surface area contributed by atoms with E-state index in [0.29, 0.717) is 24.2 Å². The van der Waals surface area contributed by atoms with Crippen molar-refractivity contribution in [3.05, 3.63) is 41.2 Å². The number of fused-ring (bicyclic) bond motifs is 1. The number of carboxylic acids is 1. The van der Waals surface area contributed by atoms with Gasteiger partial charge in [0.05, 0.1) is 0 Å².